The largest absolute Gasteiger partial charge is 0.481 e. The van der Waals surface area contributed by atoms with Gasteiger partial charge >= 0.3 is 12.1 Å². The van der Waals surface area contributed by atoms with Gasteiger partial charge in [0, 0.05) is 13.0 Å². The summed E-state index contributed by atoms with van der Waals surface area (Å²) in [6.07, 6.45) is 3.33. The molecule has 0 aromatic carbocycles. The van der Waals surface area contributed by atoms with Crippen LogP contribution in [0.15, 0.2) is 0 Å². The Balaban J connectivity index is 3.05. The van der Waals surface area contributed by atoms with E-state index < -0.39 is 18.8 Å². The first-order chi connectivity index (χ1) is 8.92. The molecule has 0 atom stereocenters. The SMILES string of the molecule is O=C(O)CCCCCCCCCCOCC(F)(F)F. The number of ether oxygens (including phenoxy) is 1. The van der Waals surface area contributed by atoms with Crippen LogP contribution in [0.4, 0.5) is 13.2 Å². The van der Waals surface area contributed by atoms with E-state index in [4.69, 9.17) is 5.11 Å². The van der Waals surface area contributed by atoms with E-state index in [1.807, 2.05) is 0 Å². The van der Waals surface area contributed by atoms with Gasteiger partial charge in [-0.25, -0.2) is 0 Å². The van der Waals surface area contributed by atoms with Crippen LogP contribution in [0.5, 0.6) is 0 Å². The number of alkyl halides is 3. The topological polar surface area (TPSA) is 46.5 Å². The maximum Gasteiger partial charge on any atom is 0.411 e. The van der Waals surface area contributed by atoms with Crippen molar-refractivity contribution in [2.75, 3.05) is 13.2 Å². The number of hydrogen-bond acceptors (Lipinski definition) is 2. The van der Waals surface area contributed by atoms with Crippen LogP contribution < -0.4 is 0 Å². The Morgan fingerprint density at radius 2 is 1.37 bits per heavy atom. The van der Waals surface area contributed by atoms with Gasteiger partial charge in [0.15, 0.2) is 0 Å². The average molecular weight is 284 g/mol. The predicted molar refractivity (Wildman–Crippen MR) is 66.1 cm³/mol. The van der Waals surface area contributed by atoms with Gasteiger partial charge in [-0.15, -0.1) is 0 Å². The first-order valence-corrected chi connectivity index (χ1v) is 6.78. The molecule has 19 heavy (non-hydrogen) atoms. The quantitative estimate of drug-likeness (QED) is 0.547. The third kappa shape index (κ3) is 17.2. The molecule has 0 aliphatic rings. The molecule has 0 unspecified atom stereocenters. The summed E-state index contributed by atoms with van der Waals surface area (Å²) < 4.78 is 39.7. The van der Waals surface area contributed by atoms with Crippen LogP contribution in [0.2, 0.25) is 0 Å². The summed E-state index contributed by atoms with van der Waals surface area (Å²) in [4.78, 5) is 10.2. The molecule has 6 heteroatoms. The first-order valence-electron chi connectivity index (χ1n) is 6.78. The van der Waals surface area contributed by atoms with Crippen molar-refractivity contribution in [3.8, 4) is 0 Å². The van der Waals surface area contributed by atoms with Gasteiger partial charge in [0.05, 0.1) is 0 Å². The molecular weight excluding hydrogens is 261 g/mol. The molecule has 0 radical (unpaired) electrons. The maximum atomic E-state index is 11.7. The van der Waals surface area contributed by atoms with Crippen molar-refractivity contribution in [3.05, 3.63) is 0 Å². The van der Waals surface area contributed by atoms with Crippen molar-refractivity contribution in [2.24, 2.45) is 0 Å². The fraction of sp³-hybridized carbons (Fsp3) is 0.923. The lowest BCUT2D eigenvalue weighted by Crippen LogP contribution is -2.17. The molecule has 3 nitrogen and oxygen atoms in total. The average Bonchev–Trinajstić information content (AvgIpc) is 2.28. The summed E-state index contributed by atoms with van der Waals surface area (Å²) in [6, 6.07) is 0. The van der Waals surface area contributed by atoms with Gasteiger partial charge in [-0.3, -0.25) is 4.79 Å². The zero-order valence-corrected chi connectivity index (χ0v) is 11.2. The van der Waals surface area contributed by atoms with Gasteiger partial charge < -0.3 is 9.84 Å². The third-order valence-electron chi connectivity index (χ3n) is 2.70. The number of aliphatic carboxylic acids is 1. The minimum atomic E-state index is -4.23. The Morgan fingerprint density at radius 1 is 0.895 bits per heavy atom. The molecular formula is C13H23F3O3. The standard InChI is InChI=1S/C13H23F3O3/c14-13(15,16)11-19-10-8-6-4-2-1-3-5-7-9-12(17)18/h1-11H2,(H,17,18). The molecule has 0 heterocycles. The summed E-state index contributed by atoms with van der Waals surface area (Å²) in [7, 11) is 0. The first kappa shape index (κ1) is 18.2. The van der Waals surface area contributed by atoms with Gasteiger partial charge in [0.25, 0.3) is 0 Å². The molecule has 0 aromatic rings. The molecule has 0 fully saturated rings. The Kier molecular flexibility index (Phi) is 10.6. The van der Waals surface area contributed by atoms with E-state index in [-0.39, 0.29) is 13.0 Å². The van der Waals surface area contributed by atoms with Crippen molar-refractivity contribution in [3.63, 3.8) is 0 Å². The summed E-state index contributed by atoms with van der Waals surface area (Å²) in [5.41, 5.74) is 0. The van der Waals surface area contributed by atoms with Crippen LogP contribution in [0.25, 0.3) is 0 Å². The Labute approximate surface area is 112 Å². The number of hydrogen-bond donors (Lipinski definition) is 1. The molecule has 0 bridgehead atoms. The summed E-state index contributed by atoms with van der Waals surface area (Å²) in [5, 5.41) is 8.43. The normalized spacial score (nSPS) is 11.7. The van der Waals surface area contributed by atoms with E-state index in [1.54, 1.807) is 0 Å². The Hall–Kier alpha value is -0.780. The maximum absolute atomic E-state index is 11.7. The second-order valence-electron chi connectivity index (χ2n) is 4.64. The predicted octanol–water partition coefficient (Wildman–Crippen LogP) is 4.16. The highest BCUT2D eigenvalue weighted by Gasteiger charge is 2.27. The minimum absolute atomic E-state index is 0.165. The van der Waals surface area contributed by atoms with Crippen LogP contribution in [0, 0.1) is 0 Å². The van der Waals surface area contributed by atoms with Gasteiger partial charge in [0.1, 0.15) is 6.61 Å². The summed E-state index contributed by atoms with van der Waals surface area (Å²) >= 11 is 0. The van der Waals surface area contributed by atoms with Crippen LogP contribution in [0.3, 0.4) is 0 Å². The number of carboxylic acids is 1. The van der Waals surface area contributed by atoms with Gasteiger partial charge in [0.2, 0.25) is 0 Å². The second kappa shape index (κ2) is 11.1. The lowest BCUT2D eigenvalue weighted by molar-refractivity contribution is -0.174. The van der Waals surface area contributed by atoms with Crippen molar-refractivity contribution in [2.45, 2.75) is 64.0 Å². The molecule has 0 aliphatic carbocycles. The van der Waals surface area contributed by atoms with E-state index in [9.17, 15) is 18.0 Å². The number of carbonyl (C=O) groups is 1. The van der Waals surface area contributed by atoms with Crippen LogP contribution >= 0.6 is 0 Å². The number of carboxylic acid groups (broad SMARTS) is 1. The summed E-state index contributed by atoms with van der Waals surface area (Å²) in [5.74, 6) is -0.751. The zero-order chi connectivity index (χ0) is 14.6. The van der Waals surface area contributed by atoms with E-state index in [2.05, 4.69) is 4.74 Å². The molecule has 0 aliphatic heterocycles. The van der Waals surface area contributed by atoms with E-state index >= 15 is 0 Å². The highest BCUT2D eigenvalue weighted by Crippen LogP contribution is 2.15. The monoisotopic (exact) mass is 284 g/mol. The van der Waals surface area contributed by atoms with Crippen molar-refractivity contribution < 1.29 is 27.8 Å². The summed E-state index contributed by atoms with van der Waals surface area (Å²) in [6.45, 7) is -0.991. The van der Waals surface area contributed by atoms with Gasteiger partial charge in [-0.2, -0.15) is 13.2 Å². The molecule has 0 saturated carbocycles. The van der Waals surface area contributed by atoms with Gasteiger partial charge in [-0.05, 0) is 12.8 Å². The van der Waals surface area contributed by atoms with Crippen LogP contribution in [0.1, 0.15) is 57.8 Å². The molecule has 0 saturated heterocycles. The lowest BCUT2D eigenvalue weighted by atomic mass is 10.1. The Morgan fingerprint density at radius 3 is 1.84 bits per heavy atom. The molecule has 0 rings (SSSR count). The molecule has 0 aromatic heterocycles. The fourth-order valence-corrected chi connectivity index (χ4v) is 1.73. The highest BCUT2D eigenvalue weighted by atomic mass is 19.4. The molecule has 114 valence electrons. The second-order valence-corrected chi connectivity index (χ2v) is 4.64. The van der Waals surface area contributed by atoms with Crippen molar-refractivity contribution >= 4 is 5.97 Å². The fourth-order valence-electron chi connectivity index (χ4n) is 1.73. The number of rotatable bonds is 12. The van der Waals surface area contributed by atoms with Crippen LogP contribution in [-0.2, 0) is 9.53 Å². The zero-order valence-electron chi connectivity index (χ0n) is 11.2. The Bertz CT molecular complexity index is 230. The van der Waals surface area contributed by atoms with Crippen LogP contribution in [-0.4, -0.2) is 30.5 Å². The van der Waals surface area contributed by atoms with E-state index in [0.29, 0.717) is 6.42 Å². The van der Waals surface area contributed by atoms with Crippen molar-refractivity contribution in [1.29, 1.82) is 0 Å². The van der Waals surface area contributed by atoms with Gasteiger partial charge in [-0.1, -0.05) is 38.5 Å². The number of unbranched alkanes of at least 4 members (excludes halogenated alkanes) is 7. The smallest absolute Gasteiger partial charge is 0.411 e. The third-order valence-corrected chi connectivity index (χ3v) is 2.70. The molecule has 1 N–H and O–H groups in total. The molecule has 0 spiro atoms. The van der Waals surface area contributed by atoms with E-state index in [1.165, 1.54) is 0 Å². The highest BCUT2D eigenvalue weighted by molar-refractivity contribution is 5.66. The van der Waals surface area contributed by atoms with E-state index in [0.717, 1.165) is 44.9 Å². The minimum Gasteiger partial charge on any atom is -0.481 e. The van der Waals surface area contributed by atoms with Crippen molar-refractivity contribution in [1.82, 2.24) is 0 Å². The molecule has 0 amide bonds. The number of halogens is 3. The lowest BCUT2D eigenvalue weighted by Gasteiger charge is -2.07.